The zero-order valence-corrected chi connectivity index (χ0v) is 9.57. The van der Waals surface area contributed by atoms with Crippen LogP contribution in [0.15, 0.2) is 0 Å². The van der Waals surface area contributed by atoms with Crippen molar-refractivity contribution in [1.82, 2.24) is 0 Å². The van der Waals surface area contributed by atoms with Gasteiger partial charge in [-0.15, -0.1) is 0 Å². The molecule has 1 spiro atoms. The van der Waals surface area contributed by atoms with E-state index in [1.165, 1.54) is 4.31 Å². The summed E-state index contributed by atoms with van der Waals surface area (Å²) < 4.78 is 1.24. The third-order valence-corrected chi connectivity index (χ3v) is 58.7. The first-order valence-corrected chi connectivity index (χ1v) is 13.1. The van der Waals surface area contributed by atoms with Crippen LogP contribution in [0.1, 0.15) is 19.8 Å². The van der Waals surface area contributed by atoms with Crippen LogP contribution >= 0.6 is 0 Å². The molecule has 4 unspecified atom stereocenters. The molecule has 0 nitrogen and oxygen atoms in total. The van der Waals surface area contributed by atoms with Crippen molar-refractivity contribution in [3.8, 4) is 0 Å². The van der Waals surface area contributed by atoms with E-state index in [0.717, 1.165) is 0 Å². The van der Waals surface area contributed by atoms with E-state index in [0.29, 0.717) is 0 Å². The fourth-order valence-electron chi connectivity index (χ4n) is 17.7. The summed E-state index contributed by atoms with van der Waals surface area (Å²) in [5.74, 6) is 0. The Morgan fingerprint density at radius 2 is 1.36 bits per heavy atom. The quantitative estimate of drug-likeness (QED) is 0.608. The molecule has 10 aliphatic rings. The molecule has 0 bridgehead atoms. The molecule has 1 heteroatoms. The number of hydrogen-bond donors (Lipinski definition) is 0. The minimum absolute atomic E-state index is 1.24. The van der Waals surface area contributed by atoms with Crippen LogP contribution in [0.3, 0.4) is 0 Å². The maximum absolute atomic E-state index is 2.54. The van der Waals surface area contributed by atoms with Crippen LogP contribution in [-0.4, -0.2) is 0 Å². The normalized spacial score (nSPS) is 142. The van der Waals surface area contributed by atoms with Gasteiger partial charge >= 0.3 is 73.9 Å². The molecule has 76 valence electrons. The van der Waals surface area contributed by atoms with E-state index in [-0.39, 0.29) is 0 Å². The van der Waals surface area contributed by atoms with Crippen LogP contribution in [0.25, 0.3) is 0 Å². The maximum atomic E-state index is 2.48. The Hall–Kier alpha value is 0.519. The second-order valence-corrected chi connectivity index (χ2v) is 34.3. The van der Waals surface area contributed by atoms with Gasteiger partial charge < -0.3 is 0 Å². The minimum atomic E-state index is -2.54. The van der Waals surface area contributed by atoms with E-state index in [4.69, 9.17) is 0 Å². The second-order valence-electron chi connectivity index (χ2n) is 10.6. The SMILES string of the molecule is CCC[C]12[CH]3[CH]4[CH]5[CH]1[Fe]45321678[CH]2[CH]1[CH]6[CH]7[CH]28. The van der Waals surface area contributed by atoms with Crippen molar-refractivity contribution in [2.45, 2.75) is 67.4 Å². The summed E-state index contributed by atoms with van der Waals surface area (Å²) in [6.07, 6.45) is 3.30. The zero-order valence-electron chi connectivity index (χ0n) is 8.46. The van der Waals surface area contributed by atoms with Gasteiger partial charge in [-0.05, 0) is 0 Å². The van der Waals surface area contributed by atoms with Gasteiger partial charge in [-0.25, -0.2) is 0 Å². The predicted molar refractivity (Wildman–Crippen MR) is 51.4 cm³/mol. The molecule has 0 radical (unpaired) electrons. The standard InChI is InChI=1S/C8H11.C5H5.Fe/c1-2-5-8-6-3-4-7-8;1-2-4-5-3-1;/h3-4,6-7H,2,5H2,1H3;1-5H;. The molecular weight excluding hydrogens is 212 g/mol. The molecule has 0 amide bonds. The molecule has 0 aromatic rings. The van der Waals surface area contributed by atoms with E-state index in [1.54, 1.807) is 56.2 Å². The van der Waals surface area contributed by atoms with E-state index in [2.05, 4.69) is 6.92 Å². The first-order chi connectivity index (χ1) is 6.61. The van der Waals surface area contributed by atoms with Gasteiger partial charge in [-0.3, -0.25) is 0 Å². The summed E-state index contributed by atoms with van der Waals surface area (Å²) in [4.78, 5) is 14.1. The van der Waals surface area contributed by atoms with E-state index < -0.39 is 6.51 Å². The fourth-order valence-corrected chi connectivity index (χ4v) is 93.2. The van der Waals surface area contributed by atoms with Crippen molar-refractivity contribution >= 4 is 0 Å². The molecule has 0 aromatic heterocycles. The monoisotopic (exact) mass is 228 g/mol. The summed E-state index contributed by atoms with van der Waals surface area (Å²) in [7, 11) is 0. The Morgan fingerprint density at radius 1 is 0.857 bits per heavy atom. The number of rotatable bonds is 2. The molecule has 0 saturated carbocycles. The molecule has 14 heavy (non-hydrogen) atoms. The molecule has 10 heterocycles. The average Bonchev–Trinajstić information content (AvgIpc) is 3.14. The topological polar surface area (TPSA) is 0 Å². The summed E-state index contributed by atoms with van der Waals surface area (Å²) in [6, 6.07) is 0. The van der Waals surface area contributed by atoms with Gasteiger partial charge in [0.1, 0.15) is 0 Å². The van der Waals surface area contributed by atoms with Crippen LogP contribution < -0.4 is 0 Å². The van der Waals surface area contributed by atoms with Gasteiger partial charge in [0.15, 0.2) is 0 Å². The molecule has 10 aliphatic heterocycles. The molecule has 4 atom stereocenters. The van der Waals surface area contributed by atoms with E-state index >= 15 is 0 Å². The number of hydrogen-bond acceptors (Lipinski definition) is 0. The molecular formula is C13H16Fe. The molecule has 0 aromatic carbocycles. The van der Waals surface area contributed by atoms with Gasteiger partial charge in [0.05, 0.1) is 0 Å². The van der Waals surface area contributed by atoms with Gasteiger partial charge in [0, 0.05) is 0 Å². The van der Waals surface area contributed by atoms with Crippen molar-refractivity contribution in [1.29, 1.82) is 0 Å². The molecule has 10 fully saturated rings. The van der Waals surface area contributed by atoms with E-state index in [1.807, 2.05) is 0 Å². The van der Waals surface area contributed by atoms with E-state index in [9.17, 15) is 0 Å². The van der Waals surface area contributed by atoms with Crippen molar-refractivity contribution < 1.29 is 6.51 Å². The Labute approximate surface area is 74.1 Å². The van der Waals surface area contributed by atoms with Crippen LogP contribution in [0.5, 0.6) is 0 Å². The molecule has 0 aliphatic carbocycles. The third-order valence-electron chi connectivity index (χ3n) is 15.6. The molecule has 10 saturated heterocycles. The third kappa shape index (κ3) is 0.0351. The summed E-state index contributed by atoms with van der Waals surface area (Å²) in [5.41, 5.74) is 0. The van der Waals surface area contributed by atoms with Gasteiger partial charge in [-0.2, -0.15) is 0 Å². The summed E-state index contributed by atoms with van der Waals surface area (Å²) >= 11 is 0. The van der Waals surface area contributed by atoms with Crippen molar-refractivity contribution in [2.24, 2.45) is 0 Å². The van der Waals surface area contributed by atoms with Crippen LogP contribution in [-0.2, 0) is 6.51 Å². The van der Waals surface area contributed by atoms with Gasteiger partial charge in [0.25, 0.3) is 0 Å². The zero-order chi connectivity index (χ0) is 8.43. The van der Waals surface area contributed by atoms with Crippen molar-refractivity contribution in [3.63, 3.8) is 0 Å². The average molecular weight is 228 g/mol. The summed E-state index contributed by atoms with van der Waals surface area (Å²) in [5, 5.41) is 0. The number of fused-ring (bicyclic) bond motifs is 10. The van der Waals surface area contributed by atoms with Crippen LogP contribution in [0.2, 0.25) is 47.7 Å². The Bertz CT molecular complexity index is 781. The Balaban J connectivity index is 1.85. The first kappa shape index (κ1) is 4.80. The first-order valence-electron chi connectivity index (χ1n) is 6.82. The van der Waals surface area contributed by atoms with Gasteiger partial charge in [0.2, 0.25) is 0 Å². The fraction of sp³-hybridized carbons (Fsp3) is 1.00. The van der Waals surface area contributed by atoms with Crippen molar-refractivity contribution in [3.05, 3.63) is 0 Å². The van der Waals surface area contributed by atoms with Crippen LogP contribution in [0.4, 0.5) is 0 Å². The van der Waals surface area contributed by atoms with Gasteiger partial charge in [-0.1, -0.05) is 0 Å². The van der Waals surface area contributed by atoms with Crippen molar-refractivity contribution in [2.75, 3.05) is 0 Å². The predicted octanol–water partition coefficient (Wildman–Crippen LogP) is 4.55. The Morgan fingerprint density at radius 3 is 1.57 bits per heavy atom. The Kier molecular flexibility index (Phi) is 0.112. The molecule has 10 rings (SSSR count). The van der Waals surface area contributed by atoms with Crippen LogP contribution in [0, 0.1) is 0 Å². The summed E-state index contributed by atoms with van der Waals surface area (Å²) in [6.45, 7) is -0.0604. The second kappa shape index (κ2) is 0.327. The molecule has 0 N–H and O–H groups in total.